The van der Waals surface area contributed by atoms with E-state index in [-0.39, 0.29) is 11.1 Å². The van der Waals surface area contributed by atoms with E-state index in [1.54, 1.807) is 32.4 Å². The molecule has 1 aromatic carbocycles. The fourth-order valence-corrected chi connectivity index (χ4v) is 2.13. The maximum atomic E-state index is 12.1. The molecule has 0 unspecified atom stereocenters. The number of aryl methyl sites for hydroxylation is 1. The van der Waals surface area contributed by atoms with Crippen LogP contribution in [0.2, 0.25) is 0 Å². The molecule has 0 saturated carbocycles. The maximum Gasteiger partial charge on any atom is 0.284 e. The van der Waals surface area contributed by atoms with Gasteiger partial charge < -0.3 is 9.47 Å². The number of rotatable bonds is 5. The predicted octanol–water partition coefficient (Wildman–Crippen LogP) is 2.21. The second-order valence-corrected chi connectivity index (χ2v) is 4.65. The summed E-state index contributed by atoms with van der Waals surface area (Å²) in [7, 11) is 3.12. The topological polar surface area (TPSA) is 77.1 Å². The summed E-state index contributed by atoms with van der Waals surface area (Å²) in [5, 5.41) is 13.5. The average Bonchev–Trinajstić information content (AvgIpc) is 2.56. The molecule has 0 saturated heterocycles. The first kappa shape index (κ1) is 15.6. The van der Waals surface area contributed by atoms with Crippen LogP contribution in [0.25, 0.3) is 11.3 Å². The zero-order valence-electron chi connectivity index (χ0n) is 12.8. The van der Waals surface area contributed by atoms with Crippen molar-refractivity contribution in [2.75, 3.05) is 14.2 Å². The van der Waals surface area contributed by atoms with Crippen LogP contribution in [0.4, 0.5) is 0 Å². The summed E-state index contributed by atoms with van der Waals surface area (Å²) in [5.41, 5.74) is 0.908. The van der Waals surface area contributed by atoms with Crippen LogP contribution in [0.5, 0.6) is 11.5 Å². The molecule has 0 aliphatic heterocycles. The van der Waals surface area contributed by atoms with E-state index in [1.165, 1.54) is 10.7 Å². The molecule has 6 nitrogen and oxygen atoms in total. The van der Waals surface area contributed by atoms with E-state index in [0.717, 1.165) is 6.42 Å². The standard InChI is InChI=1S/C16H17N3O3/c1-4-7-19-16(20)11(10-17)8-14(18-19)13-6-5-12(21-2)9-15(13)22-3/h5-6,8-9H,4,7H2,1-3H3. The zero-order valence-corrected chi connectivity index (χ0v) is 12.8. The molecule has 0 atom stereocenters. The van der Waals surface area contributed by atoms with Crippen LogP contribution in [0.3, 0.4) is 0 Å². The lowest BCUT2D eigenvalue weighted by atomic mass is 10.1. The Bertz CT molecular complexity index is 775. The second-order valence-electron chi connectivity index (χ2n) is 4.65. The van der Waals surface area contributed by atoms with Crippen molar-refractivity contribution in [3.05, 3.63) is 40.2 Å². The molecule has 22 heavy (non-hydrogen) atoms. The van der Waals surface area contributed by atoms with Crippen molar-refractivity contribution in [1.82, 2.24) is 9.78 Å². The monoisotopic (exact) mass is 299 g/mol. The van der Waals surface area contributed by atoms with Gasteiger partial charge in [0, 0.05) is 18.2 Å². The minimum Gasteiger partial charge on any atom is -0.497 e. The smallest absolute Gasteiger partial charge is 0.284 e. The summed E-state index contributed by atoms with van der Waals surface area (Å²) >= 11 is 0. The molecule has 0 spiro atoms. The molecule has 0 fully saturated rings. The van der Waals surface area contributed by atoms with E-state index in [1.807, 2.05) is 13.0 Å². The molecule has 6 heteroatoms. The van der Waals surface area contributed by atoms with Crippen LogP contribution in [-0.2, 0) is 6.54 Å². The van der Waals surface area contributed by atoms with Gasteiger partial charge in [-0.25, -0.2) is 4.68 Å². The molecule has 0 radical (unpaired) electrons. The zero-order chi connectivity index (χ0) is 16.1. The highest BCUT2D eigenvalue weighted by Gasteiger charge is 2.13. The van der Waals surface area contributed by atoms with Gasteiger partial charge in [0.2, 0.25) is 0 Å². The number of ether oxygens (including phenoxy) is 2. The first-order chi connectivity index (χ1) is 10.6. The Hall–Kier alpha value is -2.81. The van der Waals surface area contributed by atoms with Crippen LogP contribution in [-0.4, -0.2) is 24.0 Å². The van der Waals surface area contributed by atoms with Gasteiger partial charge in [0.05, 0.1) is 19.9 Å². The molecule has 2 rings (SSSR count). The Kier molecular flexibility index (Phi) is 4.79. The average molecular weight is 299 g/mol. The highest BCUT2D eigenvalue weighted by Crippen LogP contribution is 2.32. The number of nitrogens with zero attached hydrogens (tertiary/aromatic N) is 3. The predicted molar refractivity (Wildman–Crippen MR) is 82.0 cm³/mol. The van der Waals surface area contributed by atoms with Crippen molar-refractivity contribution in [3.8, 4) is 28.8 Å². The van der Waals surface area contributed by atoms with Gasteiger partial charge in [-0.3, -0.25) is 4.79 Å². The van der Waals surface area contributed by atoms with E-state index in [2.05, 4.69) is 5.10 Å². The molecular weight excluding hydrogens is 282 g/mol. The van der Waals surface area contributed by atoms with Gasteiger partial charge in [-0.2, -0.15) is 10.4 Å². The molecule has 1 aromatic heterocycles. The molecule has 0 aliphatic carbocycles. The molecule has 0 bridgehead atoms. The first-order valence-corrected chi connectivity index (χ1v) is 6.89. The summed E-state index contributed by atoms with van der Waals surface area (Å²) in [6, 6.07) is 8.72. The molecule has 2 aromatic rings. The van der Waals surface area contributed by atoms with Crippen LogP contribution in [0.1, 0.15) is 18.9 Å². The Balaban J connectivity index is 2.65. The van der Waals surface area contributed by atoms with Gasteiger partial charge in [0.15, 0.2) is 0 Å². The van der Waals surface area contributed by atoms with Gasteiger partial charge in [0.1, 0.15) is 23.1 Å². The maximum absolute atomic E-state index is 12.1. The van der Waals surface area contributed by atoms with E-state index >= 15 is 0 Å². The van der Waals surface area contributed by atoms with Gasteiger partial charge in [-0.1, -0.05) is 6.92 Å². The highest BCUT2D eigenvalue weighted by molar-refractivity contribution is 5.69. The van der Waals surface area contributed by atoms with E-state index in [4.69, 9.17) is 14.7 Å². The number of hydrogen-bond donors (Lipinski definition) is 0. The Morgan fingerprint density at radius 2 is 2.05 bits per heavy atom. The van der Waals surface area contributed by atoms with Crippen LogP contribution < -0.4 is 15.0 Å². The first-order valence-electron chi connectivity index (χ1n) is 6.89. The summed E-state index contributed by atoms with van der Waals surface area (Å²) in [5.74, 6) is 1.22. The van der Waals surface area contributed by atoms with Crippen molar-refractivity contribution in [2.24, 2.45) is 0 Å². The Morgan fingerprint density at radius 1 is 1.27 bits per heavy atom. The summed E-state index contributed by atoms with van der Waals surface area (Å²) < 4.78 is 11.8. The summed E-state index contributed by atoms with van der Waals surface area (Å²) in [4.78, 5) is 12.1. The number of aromatic nitrogens is 2. The lowest BCUT2D eigenvalue weighted by Crippen LogP contribution is -2.25. The van der Waals surface area contributed by atoms with E-state index in [9.17, 15) is 4.79 Å². The molecule has 0 N–H and O–H groups in total. The lowest BCUT2D eigenvalue weighted by Gasteiger charge is -2.12. The molecule has 114 valence electrons. The molecule has 0 aliphatic rings. The summed E-state index contributed by atoms with van der Waals surface area (Å²) in [6.07, 6.45) is 0.751. The largest absolute Gasteiger partial charge is 0.497 e. The molecular formula is C16H17N3O3. The Labute approximate surface area is 128 Å². The summed E-state index contributed by atoms with van der Waals surface area (Å²) in [6.45, 7) is 2.40. The van der Waals surface area contributed by atoms with E-state index in [0.29, 0.717) is 29.3 Å². The Morgan fingerprint density at radius 3 is 2.64 bits per heavy atom. The van der Waals surface area contributed by atoms with Crippen molar-refractivity contribution >= 4 is 0 Å². The van der Waals surface area contributed by atoms with E-state index < -0.39 is 0 Å². The lowest BCUT2D eigenvalue weighted by molar-refractivity contribution is 0.395. The van der Waals surface area contributed by atoms with Crippen molar-refractivity contribution in [1.29, 1.82) is 5.26 Å². The SMILES string of the molecule is CCCn1nc(-c2ccc(OC)cc2OC)cc(C#N)c1=O. The van der Waals surface area contributed by atoms with Crippen molar-refractivity contribution < 1.29 is 9.47 Å². The highest BCUT2D eigenvalue weighted by atomic mass is 16.5. The number of nitriles is 1. The third kappa shape index (κ3) is 2.93. The second kappa shape index (κ2) is 6.76. The van der Waals surface area contributed by atoms with Crippen LogP contribution >= 0.6 is 0 Å². The van der Waals surface area contributed by atoms with Crippen LogP contribution in [0, 0.1) is 11.3 Å². The number of benzene rings is 1. The molecule has 1 heterocycles. The third-order valence-corrected chi connectivity index (χ3v) is 3.21. The van der Waals surface area contributed by atoms with Gasteiger partial charge in [-0.05, 0) is 24.6 Å². The van der Waals surface area contributed by atoms with Crippen LogP contribution in [0.15, 0.2) is 29.1 Å². The minimum atomic E-state index is -0.374. The number of methoxy groups -OCH3 is 2. The molecule has 0 amide bonds. The van der Waals surface area contributed by atoms with Crippen molar-refractivity contribution in [3.63, 3.8) is 0 Å². The normalized spacial score (nSPS) is 10.1. The number of hydrogen-bond acceptors (Lipinski definition) is 5. The quantitative estimate of drug-likeness (QED) is 0.846. The van der Waals surface area contributed by atoms with Crippen molar-refractivity contribution in [2.45, 2.75) is 19.9 Å². The fraction of sp³-hybridized carbons (Fsp3) is 0.312. The van der Waals surface area contributed by atoms with Gasteiger partial charge in [-0.15, -0.1) is 0 Å². The van der Waals surface area contributed by atoms with Gasteiger partial charge in [0.25, 0.3) is 5.56 Å². The van der Waals surface area contributed by atoms with Gasteiger partial charge >= 0.3 is 0 Å². The minimum absolute atomic E-state index is 0.0660. The third-order valence-electron chi connectivity index (χ3n) is 3.21. The fourth-order valence-electron chi connectivity index (χ4n) is 2.13.